The fraction of sp³-hybridized carbons (Fsp3) is 0.458. The molecule has 2 aromatic carbocycles. The maximum absolute atomic E-state index is 13.4. The molecule has 6 nitrogen and oxygen atoms in total. The van der Waals surface area contributed by atoms with Crippen LogP contribution in [0.3, 0.4) is 0 Å². The Morgan fingerprint density at radius 1 is 0.933 bits per heavy atom. The first-order valence-corrected chi connectivity index (χ1v) is 11.0. The summed E-state index contributed by atoms with van der Waals surface area (Å²) in [5, 5.41) is 9.11. The molecule has 2 aliphatic heterocycles. The molecule has 0 aromatic heterocycles. The monoisotopic (exact) mass is 409 g/mol. The molecule has 2 aliphatic rings. The van der Waals surface area contributed by atoms with Crippen LogP contribution in [-0.2, 0) is 6.42 Å². The van der Waals surface area contributed by atoms with E-state index in [1.54, 1.807) is 12.1 Å². The van der Waals surface area contributed by atoms with Gasteiger partial charge in [-0.25, -0.2) is 5.26 Å². The first kappa shape index (κ1) is 20.5. The van der Waals surface area contributed by atoms with E-state index in [4.69, 9.17) is 5.26 Å². The summed E-state index contributed by atoms with van der Waals surface area (Å²) in [6.07, 6.45) is 4.54. The highest BCUT2D eigenvalue weighted by molar-refractivity contribution is 6.00. The lowest BCUT2D eigenvalue weighted by atomic mass is 10.1. The number of anilines is 2. The molecular formula is C24H31N3O3. The summed E-state index contributed by atoms with van der Waals surface area (Å²) < 4.78 is 0. The summed E-state index contributed by atoms with van der Waals surface area (Å²) in [7, 11) is 0. The van der Waals surface area contributed by atoms with Crippen LogP contribution in [0.5, 0.6) is 5.75 Å². The molecule has 2 fully saturated rings. The smallest absolute Gasteiger partial charge is 0.256 e. The van der Waals surface area contributed by atoms with E-state index in [0.29, 0.717) is 24.4 Å². The first-order chi connectivity index (χ1) is 14.7. The maximum atomic E-state index is 13.4. The van der Waals surface area contributed by atoms with Gasteiger partial charge in [0.25, 0.3) is 5.91 Å². The van der Waals surface area contributed by atoms with Crippen LogP contribution in [0.25, 0.3) is 0 Å². The van der Waals surface area contributed by atoms with Gasteiger partial charge in [0.2, 0.25) is 0 Å². The zero-order valence-corrected chi connectivity index (χ0v) is 17.7. The van der Waals surface area contributed by atoms with Crippen molar-refractivity contribution in [1.82, 2.24) is 4.90 Å². The van der Waals surface area contributed by atoms with Crippen molar-refractivity contribution < 1.29 is 14.9 Å². The van der Waals surface area contributed by atoms with Crippen molar-refractivity contribution in [2.45, 2.75) is 32.6 Å². The zero-order chi connectivity index (χ0) is 20.9. The average Bonchev–Trinajstić information content (AvgIpc) is 2.84. The van der Waals surface area contributed by atoms with E-state index in [1.807, 2.05) is 11.0 Å². The van der Waals surface area contributed by atoms with Crippen molar-refractivity contribution in [2.75, 3.05) is 49.1 Å². The van der Waals surface area contributed by atoms with Crippen LogP contribution in [0, 0.1) is 0 Å². The third kappa shape index (κ3) is 4.38. The molecule has 0 spiro atoms. The third-order valence-electron chi connectivity index (χ3n) is 6.25. The predicted molar refractivity (Wildman–Crippen MR) is 120 cm³/mol. The molecule has 1 amide bonds. The van der Waals surface area contributed by atoms with Gasteiger partial charge in [-0.2, -0.15) is 0 Å². The molecule has 0 unspecified atom stereocenters. The maximum Gasteiger partial charge on any atom is 0.256 e. The summed E-state index contributed by atoms with van der Waals surface area (Å²) >= 11 is 0. The number of piperazine rings is 1. The Hall–Kier alpha value is -2.73. The first-order valence-electron chi connectivity index (χ1n) is 11.0. The molecule has 1 N–H and O–H groups in total. The van der Waals surface area contributed by atoms with Gasteiger partial charge in [-0.15, -0.1) is 0 Å². The highest BCUT2D eigenvalue weighted by Gasteiger charge is 2.26. The zero-order valence-electron chi connectivity index (χ0n) is 17.7. The lowest BCUT2D eigenvalue weighted by Gasteiger charge is -2.37. The van der Waals surface area contributed by atoms with Crippen LogP contribution in [0.2, 0.25) is 0 Å². The largest absolute Gasteiger partial charge is 0.371 e. The van der Waals surface area contributed by atoms with Crippen LogP contribution < -0.4 is 14.7 Å². The topological polar surface area (TPSA) is 56.3 Å². The Bertz CT molecular complexity index is 872. The van der Waals surface area contributed by atoms with Crippen LogP contribution in [0.4, 0.5) is 11.4 Å². The fourth-order valence-electron chi connectivity index (χ4n) is 4.46. The molecule has 2 aromatic rings. The predicted octanol–water partition coefficient (Wildman–Crippen LogP) is 4.05. The molecule has 160 valence electrons. The van der Waals surface area contributed by atoms with Gasteiger partial charge < -0.3 is 19.6 Å². The Labute approximate surface area is 178 Å². The number of carbonyl (C=O) groups excluding carboxylic acids is 1. The number of nitrogens with zero attached hydrogens (tertiary/aromatic N) is 3. The molecule has 4 rings (SSSR count). The number of piperidine rings is 1. The Morgan fingerprint density at radius 3 is 2.40 bits per heavy atom. The lowest BCUT2D eigenvalue weighted by Crippen LogP contribution is -2.49. The summed E-state index contributed by atoms with van der Waals surface area (Å²) in [6.45, 7) is 7.07. The van der Waals surface area contributed by atoms with Gasteiger partial charge >= 0.3 is 0 Å². The van der Waals surface area contributed by atoms with E-state index in [2.05, 4.69) is 45.9 Å². The Kier molecular flexibility index (Phi) is 6.43. The molecule has 0 saturated carbocycles. The standard InChI is InChI=1S/C24H31N3O3/c1-2-19-7-6-8-20(17-19)25-13-15-27(16-14-25)24(28)22-18-21(30-29)9-10-23(22)26-11-4-3-5-12-26/h6-10,17-18,29H,2-5,11-16H2,1H3. The quantitative estimate of drug-likeness (QED) is 0.596. The normalized spacial score (nSPS) is 17.2. The van der Waals surface area contributed by atoms with E-state index in [0.717, 1.165) is 51.1 Å². The highest BCUT2D eigenvalue weighted by atomic mass is 17.1. The molecule has 30 heavy (non-hydrogen) atoms. The highest BCUT2D eigenvalue weighted by Crippen LogP contribution is 2.29. The van der Waals surface area contributed by atoms with E-state index in [-0.39, 0.29) is 5.91 Å². The van der Waals surface area contributed by atoms with Crippen molar-refractivity contribution >= 4 is 17.3 Å². The van der Waals surface area contributed by atoms with Gasteiger partial charge in [0.15, 0.2) is 5.75 Å². The van der Waals surface area contributed by atoms with Crippen LogP contribution in [0.1, 0.15) is 42.1 Å². The molecule has 0 atom stereocenters. The summed E-state index contributed by atoms with van der Waals surface area (Å²) in [5.74, 6) is 0.311. The molecule has 6 heteroatoms. The van der Waals surface area contributed by atoms with Crippen LogP contribution in [0.15, 0.2) is 42.5 Å². The summed E-state index contributed by atoms with van der Waals surface area (Å²) in [4.78, 5) is 24.4. The Balaban J connectivity index is 1.49. The number of hydrogen-bond donors (Lipinski definition) is 1. The van der Waals surface area contributed by atoms with Crippen molar-refractivity contribution in [3.8, 4) is 5.75 Å². The number of aryl methyl sites for hydroxylation is 1. The van der Waals surface area contributed by atoms with E-state index >= 15 is 0 Å². The van der Waals surface area contributed by atoms with Gasteiger partial charge in [-0.3, -0.25) is 4.79 Å². The van der Waals surface area contributed by atoms with Crippen LogP contribution in [-0.4, -0.2) is 55.3 Å². The van der Waals surface area contributed by atoms with Crippen molar-refractivity contribution in [2.24, 2.45) is 0 Å². The third-order valence-corrected chi connectivity index (χ3v) is 6.25. The molecular weight excluding hydrogens is 378 g/mol. The number of benzene rings is 2. The van der Waals surface area contributed by atoms with Gasteiger partial charge in [0, 0.05) is 50.6 Å². The molecule has 2 heterocycles. The number of hydrogen-bond acceptors (Lipinski definition) is 5. The minimum Gasteiger partial charge on any atom is -0.371 e. The van der Waals surface area contributed by atoms with Gasteiger partial charge in [0.1, 0.15) is 0 Å². The average molecular weight is 410 g/mol. The second-order valence-corrected chi connectivity index (χ2v) is 8.12. The molecule has 0 radical (unpaired) electrons. The minimum absolute atomic E-state index is 0.0106. The van der Waals surface area contributed by atoms with E-state index in [9.17, 15) is 4.79 Å². The van der Waals surface area contributed by atoms with Crippen LogP contribution >= 0.6 is 0 Å². The van der Waals surface area contributed by atoms with E-state index in [1.165, 1.54) is 17.7 Å². The second-order valence-electron chi connectivity index (χ2n) is 8.12. The van der Waals surface area contributed by atoms with Gasteiger partial charge in [-0.1, -0.05) is 19.1 Å². The SMILES string of the molecule is CCc1cccc(N2CCN(C(=O)c3cc(OO)ccc3N3CCCCC3)CC2)c1. The Morgan fingerprint density at radius 2 is 1.70 bits per heavy atom. The van der Waals surface area contributed by atoms with E-state index < -0.39 is 0 Å². The molecule has 0 bridgehead atoms. The van der Waals surface area contributed by atoms with Crippen molar-refractivity contribution in [1.29, 1.82) is 0 Å². The fourth-order valence-corrected chi connectivity index (χ4v) is 4.46. The number of carbonyl (C=O) groups is 1. The second kappa shape index (κ2) is 9.39. The molecule has 2 saturated heterocycles. The van der Waals surface area contributed by atoms with Crippen molar-refractivity contribution in [3.63, 3.8) is 0 Å². The number of amides is 1. The van der Waals surface area contributed by atoms with Gasteiger partial charge in [0.05, 0.1) is 5.56 Å². The number of rotatable bonds is 5. The van der Waals surface area contributed by atoms with Crippen molar-refractivity contribution in [3.05, 3.63) is 53.6 Å². The van der Waals surface area contributed by atoms with Gasteiger partial charge in [-0.05, 0) is 61.6 Å². The minimum atomic E-state index is 0.0106. The summed E-state index contributed by atoms with van der Waals surface area (Å²) in [5.41, 5.74) is 4.12. The summed E-state index contributed by atoms with van der Waals surface area (Å²) in [6, 6.07) is 13.9. The molecule has 0 aliphatic carbocycles. The lowest BCUT2D eigenvalue weighted by molar-refractivity contribution is -0.137.